The molecular formula is C19H23ClN2O3. The quantitative estimate of drug-likeness (QED) is 0.534. The predicted molar refractivity (Wildman–Crippen MR) is 101 cm³/mol. The Morgan fingerprint density at radius 2 is 1.88 bits per heavy atom. The number of methoxy groups -OCH3 is 2. The molecule has 134 valence electrons. The van der Waals surface area contributed by atoms with Gasteiger partial charge in [0.05, 0.1) is 38.6 Å². The van der Waals surface area contributed by atoms with Gasteiger partial charge in [0.25, 0.3) is 0 Å². The maximum absolute atomic E-state index is 6.29. The molecule has 25 heavy (non-hydrogen) atoms. The van der Waals surface area contributed by atoms with Gasteiger partial charge < -0.3 is 19.6 Å². The molecule has 0 unspecified atom stereocenters. The second kappa shape index (κ2) is 9.79. The first-order valence-electron chi connectivity index (χ1n) is 8.07. The number of hydrazone groups is 1. The van der Waals surface area contributed by atoms with Crippen molar-refractivity contribution in [3.05, 3.63) is 52.5 Å². The highest BCUT2D eigenvalue weighted by molar-refractivity contribution is 6.32. The van der Waals surface area contributed by atoms with E-state index in [1.54, 1.807) is 26.5 Å². The van der Waals surface area contributed by atoms with Crippen LogP contribution in [0.25, 0.3) is 0 Å². The number of hydrogen-bond donors (Lipinski definition) is 1. The van der Waals surface area contributed by atoms with E-state index in [2.05, 4.69) is 10.5 Å². The Kier molecular flexibility index (Phi) is 7.41. The van der Waals surface area contributed by atoms with Gasteiger partial charge in [-0.15, -0.1) is 0 Å². The zero-order valence-electron chi connectivity index (χ0n) is 14.7. The maximum atomic E-state index is 6.29. The standard InChI is InChI=1S/C19H23ClN2O3/c1-4-9-25-19-16(20)10-14(11-18(19)24-3)12-21-22-13-15-7-5-6-8-17(15)23-2/h5-8,10-12,22H,4,9,13H2,1-3H3/b21-12-. The Hall–Kier alpha value is -2.40. The summed E-state index contributed by atoms with van der Waals surface area (Å²) in [5.74, 6) is 1.98. The fourth-order valence-corrected chi connectivity index (χ4v) is 2.53. The van der Waals surface area contributed by atoms with Gasteiger partial charge in [0.2, 0.25) is 0 Å². The van der Waals surface area contributed by atoms with Gasteiger partial charge >= 0.3 is 0 Å². The lowest BCUT2D eigenvalue weighted by Crippen LogP contribution is -2.07. The van der Waals surface area contributed by atoms with E-state index in [1.165, 1.54) is 0 Å². The highest BCUT2D eigenvalue weighted by atomic mass is 35.5. The van der Waals surface area contributed by atoms with Gasteiger partial charge in [-0.05, 0) is 30.2 Å². The van der Waals surface area contributed by atoms with Crippen LogP contribution in [0.4, 0.5) is 0 Å². The van der Waals surface area contributed by atoms with Crippen LogP contribution in [0.15, 0.2) is 41.5 Å². The lowest BCUT2D eigenvalue weighted by molar-refractivity contribution is 0.294. The number of para-hydroxylation sites is 1. The number of rotatable bonds is 9. The molecule has 0 aliphatic carbocycles. The molecule has 0 aromatic heterocycles. The van der Waals surface area contributed by atoms with Crippen molar-refractivity contribution in [1.82, 2.24) is 5.43 Å². The van der Waals surface area contributed by atoms with Gasteiger partial charge in [0.15, 0.2) is 11.5 Å². The minimum absolute atomic E-state index is 0.499. The number of halogens is 1. The van der Waals surface area contributed by atoms with Crippen LogP contribution in [-0.4, -0.2) is 27.0 Å². The first kappa shape index (κ1) is 18.9. The summed E-state index contributed by atoms with van der Waals surface area (Å²) >= 11 is 6.29. The van der Waals surface area contributed by atoms with Crippen molar-refractivity contribution in [1.29, 1.82) is 0 Å². The van der Waals surface area contributed by atoms with Crippen molar-refractivity contribution in [3.63, 3.8) is 0 Å². The molecule has 0 fully saturated rings. The average Bonchev–Trinajstić information content (AvgIpc) is 2.64. The van der Waals surface area contributed by atoms with Crippen LogP contribution in [0.3, 0.4) is 0 Å². The molecule has 6 heteroatoms. The van der Waals surface area contributed by atoms with E-state index < -0.39 is 0 Å². The van der Waals surface area contributed by atoms with E-state index in [-0.39, 0.29) is 0 Å². The van der Waals surface area contributed by atoms with Crippen molar-refractivity contribution in [2.24, 2.45) is 5.10 Å². The molecule has 2 rings (SSSR count). The molecule has 2 aromatic carbocycles. The van der Waals surface area contributed by atoms with Crippen molar-refractivity contribution in [2.75, 3.05) is 20.8 Å². The third-order valence-corrected chi connectivity index (χ3v) is 3.75. The van der Waals surface area contributed by atoms with Crippen LogP contribution >= 0.6 is 11.6 Å². The fraction of sp³-hybridized carbons (Fsp3) is 0.316. The molecule has 5 nitrogen and oxygen atoms in total. The second-order valence-electron chi connectivity index (χ2n) is 5.29. The van der Waals surface area contributed by atoms with Crippen molar-refractivity contribution >= 4 is 17.8 Å². The summed E-state index contributed by atoms with van der Waals surface area (Å²) in [5.41, 5.74) is 4.85. The molecule has 1 N–H and O–H groups in total. The Morgan fingerprint density at radius 3 is 2.60 bits per heavy atom. The molecule has 0 spiro atoms. The third-order valence-electron chi connectivity index (χ3n) is 3.47. The summed E-state index contributed by atoms with van der Waals surface area (Å²) in [6, 6.07) is 11.4. The molecule has 0 bridgehead atoms. The largest absolute Gasteiger partial charge is 0.496 e. The fourth-order valence-electron chi connectivity index (χ4n) is 2.26. The normalized spacial score (nSPS) is 10.7. The van der Waals surface area contributed by atoms with Crippen LogP contribution < -0.4 is 19.6 Å². The van der Waals surface area contributed by atoms with Gasteiger partial charge in [-0.1, -0.05) is 36.7 Å². The Bertz CT molecular complexity index is 720. The van der Waals surface area contributed by atoms with Crippen LogP contribution in [0.2, 0.25) is 5.02 Å². The van der Waals surface area contributed by atoms with Crippen LogP contribution in [-0.2, 0) is 6.54 Å². The van der Waals surface area contributed by atoms with E-state index in [9.17, 15) is 0 Å². The number of nitrogens with zero attached hydrogens (tertiary/aromatic N) is 1. The maximum Gasteiger partial charge on any atom is 0.179 e. The summed E-state index contributed by atoms with van der Waals surface area (Å²) in [7, 11) is 3.24. The topological polar surface area (TPSA) is 52.1 Å². The molecule has 0 amide bonds. The summed E-state index contributed by atoms with van der Waals surface area (Å²) in [4.78, 5) is 0. The third kappa shape index (κ3) is 5.29. The first-order chi connectivity index (χ1) is 12.2. The van der Waals surface area contributed by atoms with Gasteiger partial charge in [-0.2, -0.15) is 5.10 Å². The molecule has 0 aliphatic heterocycles. The highest BCUT2D eigenvalue weighted by Gasteiger charge is 2.11. The molecule has 0 aliphatic rings. The Labute approximate surface area is 153 Å². The lowest BCUT2D eigenvalue weighted by atomic mass is 10.2. The monoisotopic (exact) mass is 362 g/mol. The Morgan fingerprint density at radius 1 is 1.12 bits per heavy atom. The summed E-state index contributed by atoms with van der Waals surface area (Å²) in [5, 5.41) is 4.73. The number of nitrogens with one attached hydrogen (secondary N) is 1. The first-order valence-corrected chi connectivity index (χ1v) is 8.45. The van der Waals surface area contributed by atoms with E-state index in [0.717, 1.165) is 23.3 Å². The number of ether oxygens (including phenoxy) is 3. The van der Waals surface area contributed by atoms with Gasteiger partial charge in [-0.25, -0.2) is 0 Å². The molecular weight excluding hydrogens is 340 g/mol. The number of benzene rings is 2. The smallest absolute Gasteiger partial charge is 0.179 e. The Balaban J connectivity index is 2.04. The minimum Gasteiger partial charge on any atom is -0.496 e. The van der Waals surface area contributed by atoms with Crippen molar-refractivity contribution in [2.45, 2.75) is 19.9 Å². The lowest BCUT2D eigenvalue weighted by Gasteiger charge is -2.12. The van der Waals surface area contributed by atoms with Crippen LogP contribution in [0, 0.1) is 0 Å². The van der Waals surface area contributed by atoms with E-state index in [0.29, 0.717) is 29.7 Å². The molecule has 0 saturated carbocycles. The predicted octanol–water partition coefficient (Wildman–Crippen LogP) is 4.27. The molecule has 0 saturated heterocycles. The molecule has 0 atom stereocenters. The van der Waals surface area contributed by atoms with E-state index >= 15 is 0 Å². The zero-order chi connectivity index (χ0) is 18.1. The SMILES string of the molecule is CCCOc1c(Cl)cc(/C=N\NCc2ccccc2OC)cc1OC. The van der Waals surface area contributed by atoms with Crippen LogP contribution in [0.5, 0.6) is 17.2 Å². The van der Waals surface area contributed by atoms with Crippen molar-refractivity contribution < 1.29 is 14.2 Å². The highest BCUT2D eigenvalue weighted by Crippen LogP contribution is 2.36. The number of hydrogen-bond acceptors (Lipinski definition) is 5. The zero-order valence-corrected chi connectivity index (χ0v) is 15.5. The molecule has 2 aromatic rings. The van der Waals surface area contributed by atoms with Gasteiger partial charge in [0.1, 0.15) is 5.75 Å². The van der Waals surface area contributed by atoms with Gasteiger partial charge in [0, 0.05) is 5.56 Å². The van der Waals surface area contributed by atoms with Crippen molar-refractivity contribution in [3.8, 4) is 17.2 Å². The van der Waals surface area contributed by atoms with Gasteiger partial charge in [-0.3, -0.25) is 0 Å². The molecule has 0 radical (unpaired) electrons. The minimum atomic E-state index is 0.499. The summed E-state index contributed by atoms with van der Waals surface area (Å²) < 4.78 is 16.3. The summed E-state index contributed by atoms with van der Waals surface area (Å²) in [6.45, 7) is 3.18. The molecule has 0 heterocycles. The summed E-state index contributed by atoms with van der Waals surface area (Å²) in [6.07, 6.45) is 2.59. The van der Waals surface area contributed by atoms with E-state index in [1.807, 2.05) is 37.3 Å². The average molecular weight is 363 g/mol. The van der Waals surface area contributed by atoms with E-state index in [4.69, 9.17) is 25.8 Å². The van der Waals surface area contributed by atoms with Crippen LogP contribution in [0.1, 0.15) is 24.5 Å². The second-order valence-corrected chi connectivity index (χ2v) is 5.69.